The zero-order chi connectivity index (χ0) is 25.5. The highest BCUT2D eigenvalue weighted by Crippen LogP contribution is 2.43. The van der Waals surface area contributed by atoms with Crippen LogP contribution in [0.4, 0.5) is 0 Å². The SMILES string of the molecule is c1ccc(-n2c3ccccc3c3c4c5ccccc5n(-c5ccc6sc7ccccc7c6c5)c4ccc32)nc1. The molecule has 4 heterocycles. The van der Waals surface area contributed by atoms with Gasteiger partial charge in [0, 0.05) is 53.6 Å². The minimum absolute atomic E-state index is 0.932. The van der Waals surface area contributed by atoms with Crippen molar-refractivity contribution in [3.05, 3.63) is 128 Å². The Morgan fingerprint density at radius 1 is 0.462 bits per heavy atom. The average Bonchev–Trinajstić information content (AvgIpc) is 3.64. The maximum Gasteiger partial charge on any atom is 0.137 e. The Balaban J connectivity index is 1.45. The number of hydrogen-bond donors (Lipinski definition) is 0. The lowest BCUT2D eigenvalue weighted by atomic mass is 10.1. The summed E-state index contributed by atoms with van der Waals surface area (Å²) in [5.41, 5.74) is 5.96. The van der Waals surface area contributed by atoms with Crippen molar-refractivity contribution in [1.82, 2.24) is 14.1 Å². The van der Waals surface area contributed by atoms with Crippen molar-refractivity contribution >= 4 is 75.1 Å². The molecule has 0 bridgehead atoms. The molecule has 5 aromatic carbocycles. The molecule has 0 amide bonds. The summed E-state index contributed by atoms with van der Waals surface area (Å²) in [6, 6.07) is 43.8. The van der Waals surface area contributed by atoms with E-state index in [9.17, 15) is 0 Å². The molecule has 0 N–H and O–H groups in total. The number of aromatic nitrogens is 3. The molecule has 3 nitrogen and oxygen atoms in total. The van der Waals surface area contributed by atoms with Crippen LogP contribution in [-0.2, 0) is 0 Å². The highest BCUT2D eigenvalue weighted by Gasteiger charge is 2.20. The van der Waals surface area contributed by atoms with Crippen LogP contribution < -0.4 is 0 Å². The third kappa shape index (κ3) is 2.84. The zero-order valence-electron chi connectivity index (χ0n) is 20.9. The van der Waals surface area contributed by atoms with Crippen LogP contribution in [0.3, 0.4) is 0 Å². The molecule has 9 rings (SSSR count). The molecular weight excluding hydrogens is 494 g/mol. The summed E-state index contributed by atoms with van der Waals surface area (Å²) >= 11 is 1.86. The standard InChI is InChI=1S/C35H21N3S/c1-4-12-27-24(10-1)34-29(37(27)22-16-19-32-26(21-22)23-9-3-6-14-31(23)39-32)17-18-30-35(34)25-11-2-5-13-28(25)38(30)33-15-7-8-20-36-33/h1-21H. The Hall–Kier alpha value is -4.93. The van der Waals surface area contributed by atoms with E-state index >= 15 is 0 Å². The number of pyridine rings is 1. The molecule has 4 aromatic heterocycles. The van der Waals surface area contributed by atoms with E-state index in [0.717, 1.165) is 5.82 Å². The third-order valence-corrected chi connectivity index (χ3v) is 9.12. The molecule has 0 unspecified atom stereocenters. The first-order valence-electron chi connectivity index (χ1n) is 13.2. The minimum atomic E-state index is 0.932. The first-order chi connectivity index (χ1) is 19.4. The highest BCUT2D eigenvalue weighted by atomic mass is 32.1. The Morgan fingerprint density at radius 2 is 1.08 bits per heavy atom. The van der Waals surface area contributed by atoms with Crippen molar-refractivity contribution in [2.75, 3.05) is 0 Å². The van der Waals surface area contributed by atoms with Crippen LogP contribution in [0.2, 0.25) is 0 Å². The molecule has 0 fully saturated rings. The third-order valence-electron chi connectivity index (χ3n) is 7.97. The summed E-state index contributed by atoms with van der Waals surface area (Å²) in [4.78, 5) is 4.72. The van der Waals surface area contributed by atoms with Gasteiger partial charge >= 0.3 is 0 Å². The summed E-state index contributed by atoms with van der Waals surface area (Å²) in [6.07, 6.45) is 1.87. The van der Waals surface area contributed by atoms with Gasteiger partial charge in [-0.15, -0.1) is 11.3 Å². The second-order valence-electron chi connectivity index (χ2n) is 10.0. The lowest BCUT2D eigenvalue weighted by Crippen LogP contribution is -1.96. The molecule has 0 saturated heterocycles. The Morgan fingerprint density at radius 3 is 1.82 bits per heavy atom. The van der Waals surface area contributed by atoms with Gasteiger partial charge in [0.2, 0.25) is 0 Å². The van der Waals surface area contributed by atoms with Crippen LogP contribution in [0.5, 0.6) is 0 Å². The van der Waals surface area contributed by atoms with Crippen molar-refractivity contribution in [3.8, 4) is 11.5 Å². The van der Waals surface area contributed by atoms with Crippen molar-refractivity contribution in [3.63, 3.8) is 0 Å². The van der Waals surface area contributed by atoms with Crippen LogP contribution in [0.15, 0.2) is 128 Å². The molecule has 0 aliphatic heterocycles. The Bertz CT molecular complexity index is 2390. The van der Waals surface area contributed by atoms with E-state index in [4.69, 9.17) is 4.98 Å². The maximum atomic E-state index is 4.72. The van der Waals surface area contributed by atoms with Crippen LogP contribution in [0, 0.1) is 0 Å². The smallest absolute Gasteiger partial charge is 0.137 e. The predicted molar refractivity (Wildman–Crippen MR) is 166 cm³/mol. The van der Waals surface area contributed by atoms with Crippen LogP contribution in [-0.4, -0.2) is 14.1 Å². The molecule has 182 valence electrons. The molecule has 0 aliphatic rings. The summed E-state index contributed by atoms with van der Waals surface area (Å²) in [6.45, 7) is 0. The summed E-state index contributed by atoms with van der Waals surface area (Å²) < 4.78 is 7.38. The minimum Gasteiger partial charge on any atom is -0.309 e. The monoisotopic (exact) mass is 515 g/mol. The van der Waals surface area contributed by atoms with E-state index in [1.165, 1.54) is 69.5 Å². The molecule has 4 heteroatoms. The fourth-order valence-corrected chi connectivity index (χ4v) is 7.47. The predicted octanol–water partition coefficient (Wildman–Crippen LogP) is 9.64. The van der Waals surface area contributed by atoms with Gasteiger partial charge in [0.15, 0.2) is 0 Å². The second kappa shape index (κ2) is 7.79. The van der Waals surface area contributed by atoms with Gasteiger partial charge in [-0.1, -0.05) is 60.7 Å². The Labute approximate surface area is 227 Å². The van der Waals surface area contributed by atoms with Crippen molar-refractivity contribution in [2.45, 2.75) is 0 Å². The van der Waals surface area contributed by atoms with E-state index in [1.807, 2.05) is 23.6 Å². The molecule has 0 radical (unpaired) electrons. The number of para-hydroxylation sites is 2. The van der Waals surface area contributed by atoms with E-state index in [0.29, 0.717) is 0 Å². The van der Waals surface area contributed by atoms with Gasteiger partial charge in [0.1, 0.15) is 5.82 Å². The van der Waals surface area contributed by atoms with E-state index in [1.54, 1.807) is 0 Å². The number of rotatable bonds is 2. The van der Waals surface area contributed by atoms with E-state index in [2.05, 4.69) is 124 Å². The molecule has 0 saturated carbocycles. The molecule has 39 heavy (non-hydrogen) atoms. The average molecular weight is 516 g/mol. The first kappa shape index (κ1) is 21.1. The number of benzene rings is 5. The van der Waals surface area contributed by atoms with E-state index < -0.39 is 0 Å². The molecule has 0 atom stereocenters. The highest BCUT2D eigenvalue weighted by molar-refractivity contribution is 7.25. The molecule has 0 aliphatic carbocycles. The lowest BCUT2D eigenvalue weighted by molar-refractivity contribution is 1.08. The van der Waals surface area contributed by atoms with Crippen molar-refractivity contribution in [2.24, 2.45) is 0 Å². The normalized spacial score (nSPS) is 12.1. The Kier molecular flexibility index (Phi) is 4.21. The number of fused-ring (bicyclic) bond motifs is 10. The summed E-state index contributed by atoms with van der Waals surface area (Å²) in [7, 11) is 0. The van der Waals surface area contributed by atoms with Gasteiger partial charge in [0.05, 0.1) is 22.1 Å². The summed E-state index contributed by atoms with van der Waals surface area (Å²) in [5.74, 6) is 0.932. The quantitative estimate of drug-likeness (QED) is 0.225. The van der Waals surface area contributed by atoms with Gasteiger partial charge in [0.25, 0.3) is 0 Å². The van der Waals surface area contributed by atoms with E-state index in [-0.39, 0.29) is 0 Å². The van der Waals surface area contributed by atoms with Crippen molar-refractivity contribution < 1.29 is 0 Å². The lowest BCUT2D eigenvalue weighted by Gasteiger charge is -2.09. The zero-order valence-corrected chi connectivity index (χ0v) is 21.7. The van der Waals surface area contributed by atoms with Gasteiger partial charge in [-0.05, 0) is 60.7 Å². The van der Waals surface area contributed by atoms with Gasteiger partial charge in [-0.25, -0.2) is 4.98 Å². The largest absolute Gasteiger partial charge is 0.309 e. The topological polar surface area (TPSA) is 22.8 Å². The van der Waals surface area contributed by atoms with Gasteiger partial charge in [-0.2, -0.15) is 0 Å². The van der Waals surface area contributed by atoms with Gasteiger partial charge < -0.3 is 4.57 Å². The fourth-order valence-electron chi connectivity index (χ4n) is 6.38. The second-order valence-corrected chi connectivity index (χ2v) is 11.1. The van der Waals surface area contributed by atoms with Crippen LogP contribution in [0.1, 0.15) is 0 Å². The fraction of sp³-hybridized carbons (Fsp3) is 0. The van der Waals surface area contributed by atoms with Crippen LogP contribution in [0.25, 0.3) is 75.3 Å². The number of nitrogens with zero attached hydrogens (tertiary/aromatic N) is 3. The molecule has 9 aromatic rings. The maximum absolute atomic E-state index is 4.72. The number of hydrogen-bond acceptors (Lipinski definition) is 2. The molecular formula is C35H21N3S. The van der Waals surface area contributed by atoms with Crippen LogP contribution >= 0.6 is 11.3 Å². The first-order valence-corrected chi connectivity index (χ1v) is 14.0. The molecule has 0 spiro atoms. The summed E-state index contributed by atoms with van der Waals surface area (Å²) in [5, 5.41) is 7.69. The van der Waals surface area contributed by atoms with Crippen molar-refractivity contribution in [1.29, 1.82) is 0 Å². The number of thiophene rings is 1. The van der Waals surface area contributed by atoms with Gasteiger partial charge in [-0.3, -0.25) is 4.57 Å².